The van der Waals surface area contributed by atoms with Gasteiger partial charge in [-0.3, -0.25) is 4.79 Å². The van der Waals surface area contributed by atoms with Crippen molar-refractivity contribution in [1.29, 1.82) is 0 Å². The molecule has 0 unspecified atom stereocenters. The molecule has 0 aliphatic carbocycles. The Kier molecular flexibility index (Phi) is 5.72. The number of hydrogen-bond donors (Lipinski definition) is 2. The van der Waals surface area contributed by atoms with Gasteiger partial charge < -0.3 is 10.6 Å². The van der Waals surface area contributed by atoms with Crippen LogP contribution in [0.25, 0.3) is 0 Å². The highest BCUT2D eigenvalue weighted by Gasteiger charge is 2.16. The van der Waals surface area contributed by atoms with Gasteiger partial charge in [0.25, 0.3) is 5.91 Å². The van der Waals surface area contributed by atoms with Crippen LogP contribution >= 0.6 is 11.8 Å². The molecule has 0 radical (unpaired) electrons. The van der Waals surface area contributed by atoms with E-state index in [1.54, 1.807) is 11.8 Å². The Balaban J connectivity index is 1.52. The molecular formula is C19H22N2OS. The molecule has 1 aliphatic heterocycles. The quantitative estimate of drug-likeness (QED) is 0.827. The predicted molar refractivity (Wildman–Crippen MR) is 95.8 cm³/mol. The molecule has 1 saturated heterocycles. The van der Waals surface area contributed by atoms with E-state index < -0.39 is 0 Å². The summed E-state index contributed by atoms with van der Waals surface area (Å²) in [6.45, 7) is 1.97. The molecule has 1 fully saturated rings. The molecular weight excluding hydrogens is 304 g/mol. The zero-order valence-corrected chi connectivity index (χ0v) is 13.9. The number of amides is 1. The lowest BCUT2D eigenvalue weighted by Gasteiger charge is -2.23. The van der Waals surface area contributed by atoms with Gasteiger partial charge in [0.1, 0.15) is 0 Å². The van der Waals surface area contributed by atoms with Crippen LogP contribution in [-0.4, -0.2) is 25.0 Å². The standard InChI is InChI=1S/C19H22N2OS/c22-19(21-17-10-12-20-13-11-17)16-6-8-18(9-7-16)23-14-15-4-2-1-3-5-15/h1-9,17,20H,10-14H2,(H,21,22). The minimum atomic E-state index is 0.0384. The lowest BCUT2D eigenvalue weighted by molar-refractivity contribution is 0.0929. The summed E-state index contributed by atoms with van der Waals surface area (Å²) in [6.07, 6.45) is 2.02. The van der Waals surface area contributed by atoms with E-state index in [0.29, 0.717) is 6.04 Å². The fraction of sp³-hybridized carbons (Fsp3) is 0.316. The molecule has 0 saturated carbocycles. The molecule has 3 rings (SSSR count). The monoisotopic (exact) mass is 326 g/mol. The third-order valence-corrected chi connectivity index (χ3v) is 5.12. The van der Waals surface area contributed by atoms with E-state index in [2.05, 4.69) is 34.9 Å². The second kappa shape index (κ2) is 8.18. The maximum absolute atomic E-state index is 12.3. The van der Waals surface area contributed by atoms with Crippen LogP contribution in [-0.2, 0) is 5.75 Å². The van der Waals surface area contributed by atoms with Crippen LogP contribution in [0.5, 0.6) is 0 Å². The van der Waals surface area contributed by atoms with Crippen LogP contribution < -0.4 is 10.6 Å². The highest BCUT2D eigenvalue weighted by molar-refractivity contribution is 7.98. The summed E-state index contributed by atoms with van der Waals surface area (Å²) in [6, 6.07) is 18.6. The van der Waals surface area contributed by atoms with Crippen molar-refractivity contribution >= 4 is 17.7 Å². The van der Waals surface area contributed by atoms with Crippen molar-refractivity contribution in [3.05, 3.63) is 65.7 Å². The van der Waals surface area contributed by atoms with Crippen LogP contribution in [0.3, 0.4) is 0 Å². The molecule has 0 aromatic heterocycles. The SMILES string of the molecule is O=C(NC1CCNCC1)c1ccc(SCc2ccccc2)cc1. The van der Waals surface area contributed by atoms with Gasteiger partial charge in [0.05, 0.1) is 0 Å². The van der Waals surface area contributed by atoms with E-state index in [4.69, 9.17) is 0 Å². The summed E-state index contributed by atoms with van der Waals surface area (Å²) < 4.78 is 0. The van der Waals surface area contributed by atoms with Gasteiger partial charge in [0.2, 0.25) is 0 Å². The first-order valence-electron chi connectivity index (χ1n) is 8.09. The average Bonchev–Trinajstić information content (AvgIpc) is 2.62. The van der Waals surface area contributed by atoms with Gasteiger partial charge in [-0.05, 0) is 55.8 Å². The van der Waals surface area contributed by atoms with E-state index >= 15 is 0 Å². The van der Waals surface area contributed by atoms with Crippen LogP contribution in [0.1, 0.15) is 28.8 Å². The second-order valence-electron chi connectivity index (χ2n) is 5.80. The molecule has 1 heterocycles. The van der Waals surface area contributed by atoms with Crippen molar-refractivity contribution < 1.29 is 4.79 Å². The smallest absolute Gasteiger partial charge is 0.251 e. The van der Waals surface area contributed by atoms with Gasteiger partial charge in [0.15, 0.2) is 0 Å². The number of hydrogen-bond acceptors (Lipinski definition) is 3. The fourth-order valence-corrected chi connectivity index (χ4v) is 3.53. The van der Waals surface area contributed by atoms with Gasteiger partial charge in [-0.25, -0.2) is 0 Å². The molecule has 1 amide bonds. The summed E-state index contributed by atoms with van der Waals surface area (Å²) in [5.41, 5.74) is 2.05. The van der Waals surface area contributed by atoms with Crippen molar-refractivity contribution in [3.8, 4) is 0 Å². The maximum atomic E-state index is 12.3. The van der Waals surface area contributed by atoms with Gasteiger partial charge in [0, 0.05) is 22.3 Å². The minimum Gasteiger partial charge on any atom is -0.349 e. The Bertz CT molecular complexity index is 622. The lowest BCUT2D eigenvalue weighted by Crippen LogP contribution is -2.42. The number of nitrogens with one attached hydrogen (secondary N) is 2. The molecule has 0 bridgehead atoms. The minimum absolute atomic E-state index is 0.0384. The molecule has 2 aromatic carbocycles. The Labute approximate surface area is 141 Å². The fourth-order valence-electron chi connectivity index (χ4n) is 2.68. The Morgan fingerprint density at radius 3 is 2.43 bits per heavy atom. The van der Waals surface area contributed by atoms with E-state index in [9.17, 15) is 4.79 Å². The summed E-state index contributed by atoms with van der Waals surface area (Å²) >= 11 is 1.79. The molecule has 2 N–H and O–H groups in total. The second-order valence-corrected chi connectivity index (χ2v) is 6.85. The molecule has 0 atom stereocenters. The van der Waals surface area contributed by atoms with Crippen molar-refractivity contribution in [2.24, 2.45) is 0 Å². The molecule has 3 nitrogen and oxygen atoms in total. The van der Waals surface area contributed by atoms with Gasteiger partial charge in [-0.15, -0.1) is 11.8 Å². The molecule has 4 heteroatoms. The highest BCUT2D eigenvalue weighted by atomic mass is 32.2. The number of thioether (sulfide) groups is 1. The average molecular weight is 326 g/mol. The molecule has 2 aromatic rings. The predicted octanol–water partition coefficient (Wildman–Crippen LogP) is 3.46. The van der Waals surface area contributed by atoms with Crippen LogP contribution in [0.15, 0.2) is 59.5 Å². The zero-order valence-electron chi connectivity index (χ0n) is 13.1. The Hall–Kier alpha value is -1.78. The zero-order chi connectivity index (χ0) is 15.9. The topological polar surface area (TPSA) is 41.1 Å². The summed E-state index contributed by atoms with van der Waals surface area (Å²) in [7, 11) is 0. The van der Waals surface area contributed by atoms with Crippen molar-refractivity contribution in [1.82, 2.24) is 10.6 Å². The molecule has 23 heavy (non-hydrogen) atoms. The maximum Gasteiger partial charge on any atom is 0.251 e. The first-order chi connectivity index (χ1) is 11.3. The lowest BCUT2D eigenvalue weighted by atomic mass is 10.1. The van der Waals surface area contributed by atoms with Crippen LogP contribution in [0.4, 0.5) is 0 Å². The van der Waals surface area contributed by atoms with E-state index in [1.807, 2.05) is 30.3 Å². The Morgan fingerprint density at radius 1 is 1.04 bits per heavy atom. The number of piperidine rings is 1. The highest BCUT2D eigenvalue weighted by Crippen LogP contribution is 2.23. The largest absolute Gasteiger partial charge is 0.349 e. The normalized spacial score (nSPS) is 15.3. The third-order valence-electron chi connectivity index (χ3n) is 4.04. The van der Waals surface area contributed by atoms with Crippen LogP contribution in [0.2, 0.25) is 0 Å². The van der Waals surface area contributed by atoms with E-state index in [-0.39, 0.29) is 5.91 Å². The first-order valence-corrected chi connectivity index (χ1v) is 9.08. The van der Waals surface area contributed by atoms with Crippen LogP contribution in [0, 0.1) is 0 Å². The van der Waals surface area contributed by atoms with Gasteiger partial charge in [-0.1, -0.05) is 30.3 Å². The summed E-state index contributed by atoms with van der Waals surface area (Å²) in [4.78, 5) is 13.5. The van der Waals surface area contributed by atoms with E-state index in [1.165, 1.54) is 10.5 Å². The number of carbonyl (C=O) groups is 1. The summed E-state index contributed by atoms with van der Waals surface area (Å²) in [5, 5.41) is 6.44. The van der Waals surface area contributed by atoms with Crippen molar-refractivity contribution in [2.75, 3.05) is 13.1 Å². The van der Waals surface area contributed by atoms with E-state index in [0.717, 1.165) is 37.2 Å². The first kappa shape index (κ1) is 16.1. The number of benzene rings is 2. The number of carbonyl (C=O) groups excluding carboxylic acids is 1. The Morgan fingerprint density at radius 2 is 1.74 bits per heavy atom. The number of rotatable bonds is 5. The molecule has 120 valence electrons. The molecule has 1 aliphatic rings. The summed E-state index contributed by atoms with van der Waals surface area (Å²) in [5.74, 6) is 0.984. The van der Waals surface area contributed by atoms with Crippen molar-refractivity contribution in [3.63, 3.8) is 0 Å². The molecule has 0 spiro atoms. The van der Waals surface area contributed by atoms with Gasteiger partial charge in [-0.2, -0.15) is 0 Å². The van der Waals surface area contributed by atoms with Gasteiger partial charge >= 0.3 is 0 Å². The van der Waals surface area contributed by atoms with Crippen molar-refractivity contribution in [2.45, 2.75) is 29.5 Å². The third kappa shape index (κ3) is 4.85.